The lowest BCUT2D eigenvalue weighted by molar-refractivity contribution is -0.125. The van der Waals surface area contributed by atoms with Crippen molar-refractivity contribution in [2.45, 2.75) is 13.3 Å². The van der Waals surface area contributed by atoms with E-state index in [9.17, 15) is 4.79 Å². The van der Waals surface area contributed by atoms with E-state index in [-0.39, 0.29) is 11.8 Å². The molecule has 1 fully saturated rings. The topological polar surface area (TPSA) is 54.5 Å². The second kappa shape index (κ2) is 5.89. The Hall–Kier alpha value is -1.82. The predicted octanol–water partition coefficient (Wildman–Crippen LogP) is 2.27. The number of methoxy groups -OCH3 is 1. The van der Waals surface area contributed by atoms with Gasteiger partial charge in [-0.2, -0.15) is 0 Å². The van der Waals surface area contributed by atoms with Crippen LogP contribution in [0.5, 0.6) is 5.75 Å². The molecule has 1 aromatic heterocycles. The summed E-state index contributed by atoms with van der Waals surface area (Å²) in [7, 11) is 1.66. The molecule has 3 rings (SSSR count). The van der Waals surface area contributed by atoms with Crippen LogP contribution in [-0.2, 0) is 4.79 Å². The van der Waals surface area contributed by atoms with Crippen molar-refractivity contribution in [3.05, 3.63) is 18.2 Å². The van der Waals surface area contributed by atoms with Gasteiger partial charge in [-0.05, 0) is 18.6 Å². The highest BCUT2D eigenvalue weighted by Crippen LogP contribution is 2.36. The minimum Gasteiger partial charge on any atom is -0.494 e. The van der Waals surface area contributed by atoms with Crippen molar-refractivity contribution in [3.63, 3.8) is 0 Å². The molecule has 1 amide bonds. The molecule has 0 unspecified atom stereocenters. The Balaban J connectivity index is 1.68. The average molecular weight is 305 g/mol. The van der Waals surface area contributed by atoms with Crippen molar-refractivity contribution in [1.29, 1.82) is 0 Å². The Morgan fingerprint density at radius 1 is 1.52 bits per heavy atom. The molecule has 2 heterocycles. The normalized spacial score (nSPS) is 15.0. The second-order valence-electron chi connectivity index (χ2n) is 5.20. The third kappa shape index (κ3) is 2.68. The molecule has 0 atom stereocenters. The number of hydrogen-bond donors (Lipinski definition) is 1. The molecule has 2 aromatic rings. The average Bonchev–Trinajstić information content (AvgIpc) is 2.86. The molecular formula is C15H19N3O2S. The molecule has 6 heteroatoms. The molecule has 1 aliphatic rings. The van der Waals surface area contributed by atoms with Gasteiger partial charge in [0.1, 0.15) is 11.3 Å². The Morgan fingerprint density at radius 2 is 2.33 bits per heavy atom. The maximum absolute atomic E-state index is 11.9. The first-order valence-electron chi connectivity index (χ1n) is 7.19. The maximum Gasteiger partial charge on any atom is 0.226 e. The molecule has 0 radical (unpaired) electrons. The van der Waals surface area contributed by atoms with Crippen LogP contribution in [-0.4, -0.2) is 37.6 Å². The van der Waals surface area contributed by atoms with E-state index in [1.54, 1.807) is 18.4 Å². The molecule has 0 bridgehead atoms. The predicted molar refractivity (Wildman–Crippen MR) is 85.2 cm³/mol. The van der Waals surface area contributed by atoms with Gasteiger partial charge >= 0.3 is 0 Å². The zero-order valence-corrected chi connectivity index (χ0v) is 13.1. The van der Waals surface area contributed by atoms with Gasteiger partial charge in [0.05, 0.1) is 17.7 Å². The number of benzene rings is 1. The van der Waals surface area contributed by atoms with E-state index in [4.69, 9.17) is 4.74 Å². The van der Waals surface area contributed by atoms with Crippen LogP contribution in [0.25, 0.3) is 10.2 Å². The van der Waals surface area contributed by atoms with Gasteiger partial charge in [-0.3, -0.25) is 4.79 Å². The first kappa shape index (κ1) is 14.1. The lowest BCUT2D eigenvalue weighted by Crippen LogP contribution is -2.53. The van der Waals surface area contributed by atoms with Crippen molar-refractivity contribution < 1.29 is 9.53 Å². The number of para-hydroxylation sites is 1. The fourth-order valence-corrected chi connectivity index (χ4v) is 3.41. The van der Waals surface area contributed by atoms with Gasteiger partial charge in [0.15, 0.2) is 5.13 Å². The zero-order chi connectivity index (χ0) is 14.8. The summed E-state index contributed by atoms with van der Waals surface area (Å²) < 4.78 is 6.45. The monoisotopic (exact) mass is 305 g/mol. The van der Waals surface area contributed by atoms with Crippen molar-refractivity contribution in [1.82, 2.24) is 10.3 Å². The van der Waals surface area contributed by atoms with E-state index in [0.29, 0.717) is 0 Å². The van der Waals surface area contributed by atoms with Crippen LogP contribution >= 0.6 is 11.3 Å². The fraction of sp³-hybridized carbons (Fsp3) is 0.467. The summed E-state index contributed by atoms with van der Waals surface area (Å²) in [4.78, 5) is 18.7. The Morgan fingerprint density at radius 3 is 3.05 bits per heavy atom. The van der Waals surface area contributed by atoms with Crippen LogP contribution in [0.3, 0.4) is 0 Å². The number of nitrogens with one attached hydrogen (secondary N) is 1. The minimum atomic E-state index is 0.0884. The SMILES string of the molecule is CCCNC(=O)C1CN(c2nc3c(OC)cccc3s2)C1. The number of rotatable bonds is 5. The molecular weight excluding hydrogens is 286 g/mol. The second-order valence-corrected chi connectivity index (χ2v) is 6.21. The van der Waals surface area contributed by atoms with Gasteiger partial charge in [0.2, 0.25) is 5.91 Å². The van der Waals surface area contributed by atoms with E-state index >= 15 is 0 Å². The summed E-state index contributed by atoms with van der Waals surface area (Å²) in [5.74, 6) is 1.05. The summed E-state index contributed by atoms with van der Waals surface area (Å²) >= 11 is 1.65. The summed E-state index contributed by atoms with van der Waals surface area (Å²) in [5, 5.41) is 3.92. The molecule has 0 aliphatic carbocycles. The van der Waals surface area contributed by atoms with Crippen LogP contribution in [0.4, 0.5) is 5.13 Å². The van der Waals surface area contributed by atoms with Gasteiger partial charge in [0.25, 0.3) is 0 Å². The first-order valence-corrected chi connectivity index (χ1v) is 8.00. The van der Waals surface area contributed by atoms with E-state index < -0.39 is 0 Å². The smallest absolute Gasteiger partial charge is 0.226 e. The lowest BCUT2D eigenvalue weighted by atomic mass is 10.0. The molecule has 1 N–H and O–H groups in total. The zero-order valence-electron chi connectivity index (χ0n) is 12.3. The van der Waals surface area contributed by atoms with Gasteiger partial charge in [-0.25, -0.2) is 4.98 Å². The van der Waals surface area contributed by atoms with Crippen molar-refractivity contribution in [3.8, 4) is 5.75 Å². The van der Waals surface area contributed by atoms with E-state index in [1.807, 2.05) is 18.2 Å². The van der Waals surface area contributed by atoms with Gasteiger partial charge in [0, 0.05) is 19.6 Å². The highest BCUT2D eigenvalue weighted by Gasteiger charge is 2.34. The van der Waals surface area contributed by atoms with Crippen molar-refractivity contribution in [2.75, 3.05) is 31.6 Å². The maximum atomic E-state index is 11.9. The van der Waals surface area contributed by atoms with Crippen LogP contribution in [0, 0.1) is 5.92 Å². The number of nitrogens with zero attached hydrogens (tertiary/aromatic N) is 2. The molecule has 1 aromatic carbocycles. The molecule has 1 aliphatic heterocycles. The number of aromatic nitrogens is 1. The van der Waals surface area contributed by atoms with Crippen LogP contribution in [0.15, 0.2) is 18.2 Å². The van der Waals surface area contributed by atoms with E-state index in [2.05, 4.69) is 22.1 Å². The van der Waals surface area contributed by atoms with Crippen molar-refractivity contribution in [2.24, 2.45) is 5.92 Å². The molecule has 1 saturated heterocycles. The van der Waals surface area contributed by atoms with E-state index in [1.165, 1.54) is 0 Å². The van der Waals surface area contributed by atoms with Crippen LogP contribution < -0.4 is 15.0 Å². The minimum absolute atomic E-state index is 0.0884. The van der Waals surface area contributed by atoms with Gasteiger partial charge < -0.3 is 15.0 Å². The lowest BCUT2D eigenvalue weighted by Gasteiger charge is -2.37. The highest BCUT2D eigenvalue weighted by molar-refractivity contribution is 7.22. The highest BCUT2D eigenvalue weighted by atomic mass is 32.1. The summed E-state index contributed by atoms with van der Waals surface area (Å²) in [6, 6.07) is 5.94. The number of thiazole rings is 1. The first-order chi connectivity index (χ1) is 10.2. The molecule has 5 nitrogen and oxygen atoms in total. The Bertz CT molecular complexity index is 649. The van der Waals surface area contributed by atoms with Gasteiger partial charge in [-0.1, -0.05) is 24.3 Å². The number of amides is 1. The number of carbonyl (C=O) groups excluding carboxylic acids is 1. The number of hydrogen-bond acceptors (Lipinski definition) is 5. The summed E-state index contributed by atoms with van der Waals surface area (Å²) in [6.07, 6.45) is 0.972. The van der Waals surface area contributed by atoms with E-state index in [0.717, 1.165) is 47.2 Å². The van der Waals surface area contributed by atoms with Crippen LogP contribution in [0.2, 0.25) is 0 Å². The Labute approximate surface area is 127 Å². The van der Waals surface area contributed by atoms with Crippen molar-refractivity contribution >= 4 is 32.6 Å². The molecule has 21 heavy (non-hydrogen) atoms. The molecule has 0 spiro atoms. The largest absolute Gasteiger partial charge is 0.494 e. The summed E-state index contributed by atoms with van der Waals surface area (Å²) in [5.41, 5.74) is 0.902. The number of anilines is 1. The number of fused-ring (bicyclic) bond motifs is 1. The molecule has 0 saturated carbocycles. The molecule has 112 valence electrons. The third-order valence-corrected chi connectivity index (χ3v) is 4.74. The standard InChI is InChI=1S/C15H19N3O2S/c1-3-7-16-14(19)10-8-18(9-10)15-17-13-11(20-2)5-4-6-12(13)21-15/h4-6,10H,3,7-9H2,1-2H3,(H,16,19). The summed E-state index contributed by atoms with van der Waals surface area (Å²) in [6.45, 7) is 4.31. The number of carbonyl (C=O) groups is 1. The van der Waals surface area contributed by atoms with Crippen LogP contribution in [0.1, 0.15) is 13.3 Å². The fourth-order valence-electron chi connectivity index (χ4n) is 2.40. The quantitative estimate of drug-likeness (QED) is 0.920. The van der Waals surface area contributed by atoms with Gasteiger partial charge in [-0.15, -0.1) is 0 Å². The Kier molecular flexibility index (Phi) is 3.96. The third-order valence-electron chi connectivity index (χ3n) is 3.66. The number of ether oxygens (including phenoxy) is 1.